The molecule has 142 valence electrons. The van der Waals surface area contributed by atoms with Gasteiger partial charge < -0.3 is 10.1 Å². The zero-order valence-corrected chi connectivity index (χ0v) is 14.7. The second-order valence-corrected chi connectivity index (χ2v) is 6.02. The molecule has 7 heteroatoms. The van der Waals surface area contributed by atoms with Crippen LogP contribution in [0.1, 0.15) is 22.3 Å². The van der Waals surface area contributed by atoms with Crippen LogP contribution in [0.25, 0.3) is 0 Å². The summed E-state index contributed by atoms with van der Waals surface area (Å²) in [7, 11) is 0. The maximum absolute atomic E-state index is 13.0. The highest BCUT2D eigenvalue weighted by molar-refractivity contribution is 5.53. The number of hydrogen-bond donors (Lipinski definition) is 1. The van der Waals surface area contributed by atoms with E-state index in [9.17, 15) is 13.2 Å². The molecule has 3 rings (SSSR count). The van der Waals surface area contributed by atoms with Crippen molar-refractivity contribution in [2.45, 2.75) is 19.3 Å². The Kier molecular flexibility index (Phi) is 5.80. The first-order valence-electron chi connectivity index (χ1n) is 8.41. The van der Waals surface area contributed by atoms with Crippen LogP contribution >= 0.6 is 0 Å². The Morgan fingerprint density at radius 3 is 2.46 bits per heavy atom. The second-order valence-electron chi connectivity index (χ2n) is 6.02. The van der Waals surface area contributed by atoms with Gasteiger partial charge in [0.05, 0.1) is 17.2 Å². The Hall–Kier alpha value is -3.53. The molecule has 0 aliphatic carbocycles. The summed E-state index contributed by atoms with van der Waals surface area (Å²) in [5, 5.41) is 11.8. The molecule has 0 atom stereocenters. The van der Waals surface area contributed by atoms with Gasteiger partial charge in [0.1, 0.15) is 12.4 Å². The van der Waals surface area contributed by atoms with Crippen LogP contribution in [0, 0.1) is 11.3 Å². The van der Waals surface area contributed by atoms with Crippen molar-refractivity contribution in [3.63, 3.8) is 0 Å². The van der Waals surface area contributed by atoms with E-state index in [1.54, 1.807) is 30.6 Å². The van der Waals surface area contributed by atoms with Gasteiger partial charge in [-0.1, -0.05) is 18.2 Å². The van der Waals surface area contributed by atoms with E-state index >= 15 is 0 Å². The number of rotatable bonds is 6. The first-order chi connectivity index (χ1) is 13.5. The van der Waals surface area contributed by atoms with Gasteiger partial charge in [-0.05, 0) is 42.0 Å². The summed E-state index contributed by atoms with van der Waals surface area (Å²) in [6.45, 7) is 0.739. The van der Waals surface area contributed by atoms with Crippen molar-refractivity contribution < 1.29 is 17.9 Å². The molecule has 0 radical (unpaired) electrons. The first kappa shape index (κ1) is 19.2. The van der Waals surface area contributed by atoms with Gasteiger partial charge in [0.2, 0.25) is 0 Å². The third kappa shape index (κ3) is 5.01. The van der Waals surface area contributed by atoms with Crippen molar-refractivity contribution in [2.24, 2.45) is 0 Å². The number of anilines is 1. The maximum atomic E-state index is 13.0. The molecule has 1 N–H and O–H groups in total. The minimum absolute atomic E-state index is 0.295. The van der Waals surface area contributed by atoms with E-state index in [2.05, 4.69) is 10.3 Å². The fourth-order valence-corrected chi connectivity index (χ4v) is 2.54. The number of aromatic nitrogens is 1. The molecule has 0 bridgehead atoms. The zero-order chi connectivity index (χ0) is 20.0. The minimum Gasteiger partial charge on any atom is -0.489 e. The maximum Gasteiger partial charge on any atom is 0.417 e. The molecule has 0 amide bonds. The Bertz CT molecular complexity index is 965. The molecular weight excluding hydrogens is 367 g/mol. The summed E-state index contributed by atoms with van der Waals surface area (Å²) in [4.78, 5) is 4.02. The fourth-order valence-electron chi connectivity index (χ4n) is 2.54. The van der Waals surface area contributed by atoms with Crippen molar-refractivity contribution in [3.8, 4) is 11.8 Å². The number of nitrogens with zero attached hydrogens (tertiary/aromatic N) is 2. The molecule has 0 saturated carbocycles. The third-order valence-corrected chi connectivity index (χ3v) is 3.99. The highest BCUT2D eigenvalue weighted by atomic mass is 19.4. The van der Waals surface area contributed by atoms with E-state index in [0.717, 1.165) is 17.2 Å². The molecule has 28 heavy (non-hydrogen) atoms. The van der Waals surface area contributed by atoms with E-state index in [0.29, 0.717) is 24.6 Å². The number of halogens is 3. The van der Waals surface area contributed by atoms with E-state index < -0.39 is 17.3 Å². The summed E-state index contributed by atoms with van der Waals surface area (Å²) in [5.41, 5.74) is 0.789. The Labute approximate surface area is 160 Å². The molecule has 0 aliphatic rings. The van der Waals surface area contributed by atoms with E-state index in [1.165, 1.54) is 12.1 Å². The molecule has 1 heterocycles. The molecule has 0 aliphatic heterocycles. The molecule has 4 nitrogen and oxygen atoms in total. The number of pyridine rings is 1. The number of ether oxygens (including phenoxy) is 1. The van der Waals surface area contributed by atoms with Crippen LogP contribution in [0.2, 0.25) is 0 Å². The Morgan fingerprint density at radius 1 is 1.04 bits per heavy atom. The van der Waals surface area contributed by atoms with Crippen LogP contribution in [0.3, 0.4) is 0 Å². The molecule has 2 aromatic carbocycles. The van der Waals surface area contributed by atoms with Crippen molar-refractivity contribution in [1.82, 2.24) is 4.98 Å². The number of alkyl halides is 3. The van der Waals surface area contributed by atoms with Crippen LogP contribution in [-0.2, 0) is 19.3 Å². The summed E-state index contributed by atoms with van der Waals surface area (Å²) in [6, 6.07) is 16.2. The predicted molar refractivity (Wildman–Crippen MR) is 98.5 cm³/mol. The number of hydrogen-bond acceptors (Lipinski definition) is 4. The largest absolute Gasteiger partial charge is 0.489 e. The van der Waals surface area contributed by atoms with Gasteiger partial charge in [-0.2, -0.15) is 18.4 Å². The quantitative estimate of drug-likeness (QED) is 0.639. The second kappa shape index (κ2) is 8.44. The Balaban J connectivity index is 1.60. The van der Waals surface area contributed by atoms with Gasteiger partial charge in [0, 0.05) is 30.2 Å². The summed E-state index contributed by atoms with van der Waals surface area (Å²) < 4.78 is 44.7. The molecule has 0 fully saturated rings. The number of nitrogens with one attached hydrogen (secondary N) is 1. The first-order valence-corrected chi connectivity index (χ1v) is 8.41. The molecule has 3 aromatic rings. The normalized spacial score (nSPS) is 10.9. The molecule has 1 aromatic heterocycles. The molecular formula is C21H16F3N3O. The third-order valence-electron chi connectivity index (χ3n) is 3.99. The van der Waals surface area contributed by atoms with Crippen LogP contribution in [0.4, 0.5) is 18.9 Å². The van der Waals surface area contributed by atoms with Crippen LogP contribution in [0.15, 0.2) is 67.0 Å². The minimum atomic E-state index is -4.57. The summed E-state index contributed by atoms with van der Waals surface area (Å²) >= 11 is 0. The lowest BCUT2D eigenvalue weighted by Gasteiger charge is -2.12. The SMILES string of the molecule is N#Cc1ccc(NCc2ccc(OCc3cccnc3)cc2)cc1C(F)(F)F. The Morgan fingerprint density at radius 2 is 1.82 bits per heavy atom. The molecule has 0 unspecified atom stereocenters. The standard InChI is InChI=1S/C21H16F3N3O/c22-21(23,24)20-10-18(6-5-17(20)11-25)27-13-15-3-7-19(8-4-15)28-14-16-2-1-9-26-12-16/h1-10,12,27H,13-14H2. The average Bonchev–Trinajstić information content (AvgIpc) is 2.71. The van der Waals surface area contributed by atoms with E-state index in [1.807, 2.05) is 24.3 Å². The zero-order valence-electron chi connectivity index (χ0n) is 14.7. The topological polar surface area (TPSA) is 57.9 Å². The van der Waals surface area contributed by atoms with Crippen molar-refractivity contribution in [2.75, 3.05) is 5.32 Å². The number of benzene rings is 2. The smallest absolute Gasteiger partial charge is 0.417 e. The van der Waals surface area contributed by atoms with Gasteiger partial charge >= 0.3 is 6.18 Å². The lowest BCUT2D eigenvalue weighted by molar-refractivity contribution is -0.137. The fraction of sp³-hybridized carbons (Fsp3) is 0.143. The lowest BCUT2D eigenvalue weighted by Crippen LogP contribution is -2.09. The average molecular weight is 383 g/mol. The lowest BCUT2D eigenvalue weighted by atomic mass is 10.1. The predicted octanol–water partition coefficient (Wildman–Crippen LogP) is 5.16. The summed E-state index contributed by atoms with van der Waals surface area (Å²) in [5.74, 6) is 0.685. The highest BCUT2D eigenvalue weighted by Crippen LogP contribution is 2.33. The summed E-state index contributed by atoms with van der Waals surface area (Å²) in [6.07, 6.45) is -1.15. The van der Waals surface area contributed by atoms with E-state index in [4.69, 9.17) is 10.00 Å². The van der Waals surface area contributed by atoms with Crippen LogP contribution in [-0.4, -0.2) is 4.98 Å². The monoisotopic (exact) mass is 383 g/mol. The molecule has 0 saturated heterocycles. The van der Waals surface area contributed by atoms with Crippen LogP contribution in [0.5, 0.6) is 5.75 Å². The van der Waals surface area contributed by atoms with Gasteiger partial charge in [-0.25, -0.2) is 0 Å². The molecule has 0 spiro atoms. The van der Waals surface area contributed by atoms with Crippen LogP contribution < -0.4 is 10.1 Å². The van der Waals surface area contributed by atoms with Gasteiger partial charge in [0.15, 0.2) is 0 Å². The highest BCUT2D eigenvalue weighted by Gasteiger charge is 2.33. The van der Waals surface area contributed by atoms with Gasteiger partial charge in [-0.3, -0.25) is 4.98 Å². The number of nitriles is 1. The van der Waals surface area contributed by atoms with Crippen molar-refractivity contribution in [3.05, 3.63) is 89.2 Å². The van der Waals surface area contributed by atoms with Gasteiger partial charge in [0.25, 0.3) is 0 Å². The van der Waals surface area contributed by atoms with Gasteiger partial charge in [-0.15, -0.1) is 0 Å². The van der Waals surface area contributed by atoms with E-state index in [-0.39, 0.29) is 0 Å². The van der Waals surface area contributed by atoms with Crippen molar-refractivity contribution >= 4 is 5.69 Å². The van der Waals surface area contributed by atoms with Crippen molar-refractivity contribution in [1.29, 1.82) is 5.26 Å².